The van der Waals surface area contributed by atoms with Crippen molar-refractivity contribution >= 4 is 35.5 Å². The standard InChI is InChI=1S/C41H79N7O10/c1-4-5-6-7-8-9-10-11-12-13-14-15-16-17-18-25-34(52)44-31(23-19-21-26-42)38(54)47-36(30(3)51)40(56)48-35(29(2)50)39(55)45-32(24-20-22-27-43)37(53)46-33(28-49)41(57)58/h29-33,35-36,49-51H,4-28,42-43H2,1-3H3,(H,44,52)(H,45,55)(H,46,53)(H,47,54)(H,48,56)(H,57,58)/t29-,30-,31+,32+,33+,35+,36+/m1/s1. The second kappa shape index (κ2) is 34.5. The Kier molecular flexibility index (Phi) is 32.5. The van der Waals surface area contributed by atoms with Crippen molar-refractivity contribution < 1.29 is 49.2 Å². The number of carbonyl (C=O) groups is 6. The van der Waals surface area contributed by atoms with Crippen molar-refractivity contribution in [3.63, 3.8) is 0 Å². The van der Waals surface area contributed by atoms with Crippen LogP contribution < -0.4 is 38.1 Å². The fraction of sp³-hybridized carbons (Fsp3) is 0.854. The fourth-order valence-corrected chi connectivity index (χ4v) is 6.47. The van der Waals surface area contributed by atoms with Gasteiger partial charge in [-0.2, -0.15) is 0 Å². The van der Waals surface area contributed by atoms with Crippen molar-refractivity contribution in [2.75, 3.05) is 19.7 Å². The topological polar surface area (TPSA) is 296 Å². The van der Waals surface area contributed by atoms with E-state index >= 15 is 0 Å². The van der Waals surface area contributed by atoms with Crippen molar-refractivity contribution in [1.82, 2.24) is 26.6 Å². The van der Waals surface area contributed by atoms with Gasteiger partial charge in [0.15, 0.2) is 0 Å². The summed E-state index contributed by atoms with van der Waals surface area (Å²) in [4.78, 5) is 77.4. The monoisotopic (exact) mass is 830 g/mol. The quantitative estimate of drug-likeness (QED) is 0.0400. The van der Waals surface area contributed by atoms with Gasteiger partial charge in [0.25, 0.3) is 0 Å². The highest BCUT2D eigenvalue weighted by molar-refractivity contribution is 5.96. The van der Waals surface area contributed by atoms with E-state index in [-0.39, 0.29) is 31.7 Å². The summed E-state index contributed by atoms with van der Waals surface area (Å²) >= 11 is 0. The summed E-state index contributed by atoms with van der Waals surface area (Å²) in [5, 5.41) is 51.6. The molecular formula is C41H79N7O10. The predicted octanol–water partition coefficient (Wildman–Crippen LogP) is 1.77. The minimum Gasteiger partial charge on any atom is -0.480 e. The molecule has 0 unspecified atom stereocenters. The highest BCUT2D eigenvalue weighted by Gasteiger charge is 2.35. The number of carboxylic acids is 1. The molecule has 0 spiro atoms. The molecule has 0 heterocycles. The number of carboxylic acid groups (broad SMARTS) is 1. The van der Waals surface area contributed by atoms with E-state index in [0.29, 0.717) is 38.6 Å². The Hall–Kier alpha value is -3.38. The molecule has 5 amide bonds. The van der Waals surface area contributed by atoms with Crippen LogP contribution in [0.3, 0.4) is 0 Å². The van der Waals surface area contributed by atoms with Gasteiger partial charge in [-0.05, 0) is 71.9 Å². The smallest absolute Gasteiger partial charge is 0.328 e. The predicted molar refractivity (Wildman–Crippen MR) is 223 cm³/mol. The molecule has 0 aliphatic carbocycles. The first-order valence-corrected chi connectivity index (χ1v) is 21.8. The van der Waals surface area contributed by atoms with Gasteiger partial charge < -0.3 is 58.5 Å². The largest absolute Gasteiger partial charge is 0.480 e. The van der Waals surface area contributed by atoms with Gasteiger partial charge in [0.1, 0.15) is 30.2 Å². The summed E-state index contributed by atoms with van der Waals surface area (Å²) < 4.78 is 0. The second-order valence-corrected chi connectivity index (χ2v) is 15.5. The zero-order valence-electron chi connectivity index (χ0n) is 35.6. The van der Waals surface area contributed by atoms with Crippen LogP contribution in [-0.4, -0.2) is 118 Å². The summed E-state index contributed by atoms with van der Waals surface area (Å²) in [6, 6.07) is -7.25. The van der Waals surface area contributed by atoms with E-state index in [9.17, 15) is 49.2 Å². The Bertz CT molecular complexity index is 1160. The first-order chi connectivity index (χ1) is 27.7. The van der Waals surface area contributed by atoms with Gasteiger partial charge in [-0.15, -0.1) is 0 Å². The maximum atomic E-state index is 13.5. The van der Waals surface area contributed by atoms with E-state index < -0.39 is 78.6 Å². The van der Waals surface area contributed by atoms with Crippen LogP contribution >= 0.6 is 0 Å². The third-order valence-corrected chi connectivity index (χ3v) is 10.1. The van der Waals surface area contributed by atoms with Crippen LogP contribution in [0.25, 0.3) is 0 Å². The van der Waals surface area contributed by atoms with E-state index in [2.05, 4.69) is 33.5 Å². The molecular weight excluding hydrogens is 750 g/mol. The van der Waals surface area contributed by atoms with Crippen molar-refractivity contribution in [3.8, 4) is 0 Å². The molecule has 13 N–H and O–H groups in total. The van der Waals surface area contributed by atoms with E-state index in [1.54, 1.807) is 0 Å². The van der Waals surface area contributed by atoms with E-state index in [1.807, 2.05) is 0 Å². The number of aliphatic hydroxyl groups excluding tert-OH is 3. The summed E-state index contributed by atoms with van der Waals surface area (Å²) in [7, 11) is 0. The molecule has 0 rings (SSSR count). The summed E-state index contributed by atoms with van der Waals surface area (Å²) in [5.74, 6) is -5.48. The van der Waals surface area contributed by atoms with Crippen molar-refractivity contribution in [2.24, 2.45) is 11.5 Å². The molecule has 17 heteroatoms. The molecule has 58 heavy (non-hydrogen) atoms. The van der Waals surface area contributed by atoms with Gasteiger partial charge in [0, 0.05) is 6.42 Å². The van der Waals surface area contributed by atoms with Crippen LogP contribution in [0.5, 0.6) is 0 Å². The minimum absolute atomic E-state index is 0.0239. The molecule has 0 fully saturated rings. The lowest BCUT2D eigenvalue weighted by molar-refractivity contribution is -0.143. The molecule has 17 nitrogen and oxygen atoms in total. The fourth-order valence-electron chi connectivity index (χ4n) is 6.47. The third kappa shape index (κ3) is 25.9. The number of rotatable bonds is 37. The van der Waals surface area contributed by atoms with Crippen molar-refractivity contribution in [2.45, 2.75) is 204 Å². The zero-order valence-corrected chi connectivity index (χ0v) is 35.6. The van der Waals surface area contributed by atoms with Gasteiger partial charge in [0.2, 0.25) is 29.5 Å². The number of unbranched alkanes of at least 4 members (excludes halogenated alkanes) is 16. The maximum Gasteiger partial charge on any atom is 0.328 e. The molecule has 0 saturated heterocycles. The van der Waals surface area contributed by atoms with Crippen LogP contribution in [0, 0.1) is 0 Å². The van der Waals surface area contributed by atoms with Gasteiger partial charge in [-0.3, -0.25) is 24.0 Å². The molecule has 0 aromatic heterocycles. The number of nitrogens with one attached hydrogen (secondary N) is 5. The summed E-state index contributed by atoms with van der Waals surface area (Å²) in [6.45, 7) is 4.45. The van der Waals surface area contributed by atoms with Gasteiger partial charge >= 0.3 is 5.97 Å². The number of aliphatic hydroxyl groups is 3. The molecule has 338 valence electrons. The third-order valence-electron chi connectivity index (χ3n) is 10.1. The number of hydrogen-bond donors (Lipinski definition) is 11. The molecule has 0 aliphatic heterocycles. The molecule has 0 radical (unpaired) electrons. The second-order valence-electron chi connectivity index (χ2n) is 15.5. The average molecular weight is 830 g/mol. The number of amides is 5. The number of aliphatic carboxylic acids is 1. The lowest BCUT2D eigenvalue weighted by atomic mass is 10.0. The molecule has 7 atom stereocenters. The highest BCUT2D eigenvalue weighted by Crippen LogP contribution is 2.14. The molecule has 0 aromatic carbocycles. The minimum atomic E-state index is -1.67. The Morgan fingerprint density at radius 3 is 1.24 bits per heavy atom. The van der Waals surface area contributed by atoms with Crippen LogP contribution in [0.4, 0.5) is 0 Å². The summed E-state index contributed by atoms with van der Waals surface area (Å²) in [5.41, 5.74) is 11.2. The molecule has 0 aliphatic rings. The Morgan fingerprint density at radius 2 is 0.845 bits per heavy atom. The lowest BCUT2D eigenvalue weighted by Crippen LogP contribution is -2.62. The first-order valence-electron chi connectivity index (χ1n) is 21.8. The lowest BCUT2D eigenvalue weighted by Gasteiger charge is -2.29. The van der Waals surface area contributed by atoms with Gasteiger partial charge in [-0.1, -0.05) is 96.8 Å². The average Bonchev–Trinajstić information content (AvgIpc) is 3.18. The number of nitrogens with two attached hydrogens (primary N) is 2. The highest BCUT2D eigenvalue weighted by atomic mass is 16.4. The number of hydrogen-bond acceptors (Lipinski definition) is 11. The van der Waals surface area contributed by atoms with Crippen LogP contribution in [0.1, 0.15) is 162 Å². The van der Waals surface area contributed by atoms with Crippen molar-refractivity contribution in [3.05, 3.63) is 0 Å². The summed E-state index contributed by atoms with van der Waals surface area (Å²) in [6.07, 6.45) is 17.4. The van der Waals surface area contributed by atoms with E-state index in [0.717, 1.165) is 19.3 Å². The van der Waals surface area contributed by atoms with Crippen LogP contribution in [0.2, 0.25) is 0 Å². The SMILES string of the molecule is CCCCCCCCCCCCCCCCCC(=O)N[C@@H](CCCCN)C(=O)N[C@H](C(=O)N[C@H](C(=O)N[C@@H](CCCCN)C(=O)N[C@@H](CO)C(=O)O)[C@@H](C)O)[C@@H](C)O. The van der Waals surface area contributed by atoms with Crippen molar-refractivity contribution in [1.29, 1.82) is 0 Å². The maximum absolute atomic E-state index is 13.5. The van der Waals surface area contributed by atoms with Gasteiger partial charge in [0.05, 0.1) is 18.8 Å². The molecule has 0 saturated carbocycles. The molecule has 0 bridgehead atoms. The van der Waals surface area contributed by atoms with E-state index in [4.69, 9.17) is 11.5 Å². The van der Waals surface area contributed by atoms with E-state index in [1.165, 1.54) is 84.5 Å². The Labute approximate surface area is 346 Å². The normalized spacial score (nSPS) is 14.9. The Balaban J connectivity index is 5.26. The van der Waals surface area contributed by atoms with Crippen LogP contribution in [-0.2, 0) is 28.8 Å². The number of carbonyl (C=O) groups excluding carboxylic acids is 5. The Morgan fingerprint density at radius 1 is 0.483 bits per heavy atom. The molecule has 0 aromatic rings. The zero-order chi connectivity index (χ0) is 43.7. The first kappa shape index (κ1) is 54.6. The van der Waals surface area contributed by atoms with Gasteiger partial charge in [-0.25, -0.2) is 4.79 Å². The van der Waals surface area contributed by atoms with Crippen LogP contribution in [0.15, 0.2) is 0 Å².